The van der Waals surface area contributed by atoms with E-state index in [1.807, 2.05) is 6.08 Å². The fourth-order valence-electron chi connectivity index (χ4n) is 4.45. The number of hydrogen-bond acceptors (Lipinski definition) is 5. The Morgan fingerprint density at radius 3 is 1.50 bits per heavy atom. The van der Waals surface area contributed by atoms with Crippen molar-refractivity contribution in [3.63, 3.8) is 0 Å². The second-order valence-electron chi connectivity index (χ2n) is 11.6. The van der Waals surface area contributed by atoms with Gasteiger partial charge in [0.1, 0.15) is 6.61 Å². The van der Waals surface area contributed by atoms with Gasteiger partial charge in [-0.05, 0) is 77.0 Å². The van der Waals surface area contributed by atoms with Crippen LogP contribution in [0, 0.1) is 0 Å². The van der Waals surface area contributed by atoms with Crippen LogP contribution in [0.4, 0.5) is 0 Å². The highest BCUT2D eigenvalue weighted by Gasteiger charge is 2.15. The van der Waals surface area contributed by atoms with Crippen LogP contribution < -0.4 is 0 Å². The monoisotopic (exact) mass is 638 g/mol. The van der Waals surface area contributed by atoms with Crippen molar-refractivity contribution in [2.24, 2.45) is 0 Å². The topological polar surface area (TPSA) is 72.8 Å². The Morgan fingerprint density at radius 1 is 0.522 bits per heavy atom. The number of aliphatic hydroxyl groups is 1. The van der Waals surface area contributed by atoms with Crippen molar-refractivity contribution in [2.75, 3.05) is 13.2 Å². The molecule has 0 spiro atoms. The van der Waals surface area contributed by atoms with E-state index in [4.69, 9.17) is 9.47 Å². The van der Waals surface area contributed by atoms with Gasteiger partial charge >= 0.3 is 11.9 Å². The molecular weight excluding hydrogens is 572 g/mol. The van der Waals surface area contributed by atoms with Crippen molar-refractivity contribution in [1.82, 2.24) is 0 Å². The van der Waals surface area contributed by atoms with Crippen molar-refractivity contribution in [3.05, 3.63) is 85.1 Å². The lowest BCUT2D eigenvalue weighted by molar-refractivity contribution is -0.161. The molecule has 0 heterocycles. The molecule has 1 unspecified atom stereocenters. The smallest absolute Gasteiger partial charge is 0.306 e. The highest BCUT2D eigenvalue weighted by atomic mass is 16.6. The summed E-state index contributed by atoms with van der Waals surface area (Å²) < 4.78 is 10.5. The average molecular weight is 639 g/mol. The van der Waals surface area contributed by atoms with E-state index in [1.165, 1.54) is 38.5 Å². The molecule has 0 saturated heterocycles. The average Bonchev–Trinajstić information content (AvgIpc) is 3.06. The molecule has 0 aromatic heterocycles. The number of hydrogen-bond donors (Lipinski definition) is 1. The number of aliphatic hydroxyl groups excluding tert-OH is 1. The van der Waals surface area contributed by atoms with E-state index >= 15 is 0 Å². The molecule has 0 saturated carbocycles. The maximum atomic E-state index is 12.1. The van der Waals surface area contributed by atoms with Crippen LogP contribution in [0.3, 0.4) is 0 Å². The summed E-state index contributed by atoms with van der Waals surface area (Å²) in [4.78, 5) is 24.1. The van der Waals surface area contributed by atoms with Gasteiger partial charge in [-0.3, -0.25) is 9.59 Å². The minimum atomic E-state index is -0.815. The second kappa shape index (κ2) is 36.5. The summed E-state index contributed by atoms with van der Waals surface area (Å²) in [6.07, 6.45) is 49.3. The van der Waals surface area contributed by atoms with E-state index < -0.39 is 6.10 Å². The lowest BCUT2D eigenvalue weighted by atomic mass is 10.1. The third-order valence-corrected chi connectivity index (χ3v) is 7.19. The first kappa shape index (κ1) is 43.1. The highest BCUT2D eigenvalue weighted by Crippen LogP contribution is 2.09. The summed E-state index contributed by atoms with van der Waals surface area (Å²) in [6.45, 7) is 3.91. The first-order valence-corrected chi connectivity index (χ1v) is 18.1. The molecule has 1 atom stereocenters. The van der Waals surface area contributed by atoms with Crippen LogP contribution in [0.25, 0.3) is 0 Å². The zero-order chi connectivity index (χ0) is 33.6. The van der Waals surface area contributed by atoms with E-state index in [1.54, 1.807) is 0 Å². The van der Waals surface area contributed by atoms with Crippen LogP contribution in [0.1, 0.15) is 142 Å². The molecule has 0 aromatic rings. The fraction of sp³-hybridized carbons (Fsp3) is 0.610. The highest BCUT2D eigenvalue weighted by molar-refractivity contribution is 5.70. The number of unbranched alkanes of at least 4 members (excludes halogenated alkanes) is 9. The minimum Gasteiger partial charge on any atom is -0.462 e. The first-order valence-electron chi connectivity index (χ1n) is 18.1. The van der Waals surface area contributed by atoms with Crippen molar-refractivity contribution in [1.29, 1.82) is 0 Å². The predicted octanol–water partition coefficient (Wildman–Crippen LogP) is 11.2. The molecule has 5 nitrogen and oxygen atoms in total. The Morgan fingerprint density at radius 2 is 0.978 bits per heavy atom. The molecule has 0 rings (SSSR count). The van der Waals surface area contributed by atoms with E-state index in [2.05, 4.69) is 92.8 Å². The zero-order valence-electron chi connectivity index (χ0n) is 29.3. The van der Waals surface area contributed by atoms with Crippen molar-refractivity contribution in [3.8, 4) is 0 Å². The summed E-state index contributed by atoms with van der Waals surface area (Å²) in [7, 11) is 0. The summed E-state index contributed by atoms with van der Waals surface area (Å²) in [6, 6.07) is 0. The lowest BCUT2D eigenvalue weighted by Crippen LogP contribution is -2.28. The van der Waals surface area contributed by atoms with E-state index in [-0.39, 0.29) is 31.6 Å². The molecule has 0 bridgehead atoms. The first-order chi connectivity index (χ1) is 22.6. The summed E-state index contributed by atoms with van der Waals surface area (Å²) in [5.74, 6) is -0.717. The van der Waals surface area contributed by atoms with Gasteiger partial charge in [0.25, 0.3) is 0 Å². The Labute approximate surface area is 282 Å². The molecule has 0 aliphatic heterocycles. The van der Waals surface area contributed by atoms with E-state index in [0.29, 0.717) is 12.8 Å². The number of allylic oxidation sites excluding steroid dienone is 14. The summed E-state index contributed by atoms with van der Waals surface area (Å²) in [5.41, 5.74) is 0. The molecule has 0 fully saturated rings. The third kappa shape index (κ3) is 34.0. The van der Waals surface area contributed by atoms with Gasteiger partial charge in [-0.2, -0.15) is 0 Å². The van der Waals surface area contributed by atoms with Crippen molar-refractivity contribution >= 4 is 11.9 Å². The maximum absolute atomic E-state index is 12.1. The van der Waals surface area contributed by atoms with Crippen LogP contribution in [0.2, 0.25) is 0 Å². The van der Waals surface area contributed by atoms with Crippen LogP contribution in [0.15, 0.2) is 85.1 Å². The number of esters is 2. The van der Waals surface area contributed by atoms with Gasteiger partial charge in [0.05, 0.1) is 6.61 Å². The second-order valence-corrected chi connectivity index (χ2v) is 11.6. The maximum Gasteiger partial charge on any atom is 0.306 e. The largest absolute Gasteiger partial charge is 0.462 e. The Bertz CT molecular complexity index is 906. The van der Waals surface area contributed by atoms with Gasteiger partial charge in [0, 0.05) is 12.8 Å². The Hall–Kier alpha value is -2.92. The normalized spacial score (nSPS) is 13.2. The summed E-state index contributed by atoms with van der Waals surface area (Å²) >= 11 is 0. The third-order valence-electron chi connectivity index (χ3n) is 7.19. The number of ether oxygens (including phenoxy) is 2. The molecule has 0 amide bonds. The van der Waals surface area contributed by atoms with Gasteiger partial charge < -0.3 is 14.6 Å². The molecule has 1 N–H and O–H groups in total. The number of carbonyl (C=O) groups excluding carboxylic acids is 2. The van der Waals surface area contributed by atoms with Gasteiger partial charge in [0.15, 0.2) is 6.10 Å². The number of rotatable bonds is 31. The molecule has 260 valence electrons. The lowest BCUT2D eigenvalue weighted by Gasteiger charge is -2.15. The standard InChI is InChI=1S/C41H66O5/c1-3-5-7-9-11-13-15-17-18-19-20-21-22-24-26-28-30-32-34-36-41(44)46-39(37-42)38-45-40(43)35-33-31-29-27-25-23-16-14-12-10-8-6-4-2/h5,7,11,13,17-18,20-21,23-26,29,31,39,42H,3-4,6,8-10,12,14-16,19,22,27-28,30,32-38H2,1-2H3/b7-5+,13-11+,18-17+,21-20+,25-23+,26-24+,31-29+. The quantitative estimate of drug-likeness (QED) is 0.0465. The van der Waals surface area contributed by atoms with Gasteiger partial charge in [0.2, 0.25) is 0 Å². The molecule has 5 heteroatoms. The molecule has 0 aliphatic carbocycles. The van der Waals surface area contributed by atoms with Crippen LogP contribution in [0.5, 0.6) is 0 Å². The minimum absolute atomic E-state index is 0.115. The summed E-state index contributed by atoms with van der Waals surface area (Å²) in [5, 5.41) is 9.52. The predicted molar refractivity (Wildman–Crippen MR) is 196 cm³/mol. The zero-order valence-corrected chi connectivity index (χ0v) is 29.3. The van der Waals surface area contributed by atoms with E-state index in [0.717, 1.165) is 70.6 Å². The van der Waals surface area contributed by atoms with Gasteiger partial charge in [-0.15, -0.1) is 0 Å². The Kier molecular flexibility index (Phi) is 34.2. The number of carbonyl (C=O) groups is 2. The van der Waals surface area contributed by atoms with E-state index in [9.17, 15) is 14.7 Å². The van der Waals surface area contributed by atoms with Crippen LogP contribution >= 0.6 is 0 Å². The molecule has 0 aliphatic rings. The van der Waals surface area contributed by atoms with Gasteiger partial charge in [-0.1, -0.05) is 137 Å². The van der Waals surface area contributed by atoms with Crippen LogP contribution in [-0.4, -0.2) is 36.4 Å². The molecular formula is C41H66O5. The SMILES string of the molecule is CC/C=C/C/C=C/C/C=C/C/C=C/C/C=C/CCCCCC(=O)OC(CO)COC(=O)CC/C=C/C/C=C/CCCCCCCC. The van der Waals surface area contributed by atoms with Gasteiger partial charge in [-0.25, -0.2) is 0 Å². The Balaban J connectivity index is 3.76. The molecule has 0 radical (unpaired) electrons. The molecule has 46 heavy (non-hydrogen) atoms. The van der Waals surface area contributed by atoms with Crippen molar-refractivity contribution in [2.45, 2.75) is 148 Å². The fourth-order valence-corrected chi connectivity index (χ4v) is 4.45. The molecule has 0 aromatic carbocycles. The van der Waals surface area contributed by atoms with Crippen molar-refractivity contribution < 1.29 is 24.2 Å². The van der Waals surface area contributed by atoms with Crippen LogP contribution in [-0.2, 0) is 19.1 Å².